The van der Waals surface area contributed by atoms with Crippen LogP contribution in [-0.2, 0) is 13.5 Å². The van der Waals surface area contributed by atoms with Crippen LogP contribution in [0.2, 0.25) is 0 Å². The number of pyridine rings is 1. The third kappa shape index (κ3) is 3.33. The summed E-state index contributed by atoms with van der Waals surface area (Å²) in [5, 5.41) is 5.50. The summed E-state index contributed by atoms with van der Waals surface area (Å²) in [6.45, 7) is 0. The van der Waals surface area contributed by atoms with Gasteiger partial charge in [0.2, 0.25) is 0 Å². The Morgan fingerprint density at radius 2 is 2.00 bits per heavy atom. The van der Waals surface area contributed by atoms with Gasteiger partial charge in [-0.25, -0.2) is 4.98 Å². The molecule has 1 aliphatic carbocycles. The molecule has 0 unspecified atom stereocenters. The Morgan fingerprint density at radius 3 is 2.68 bits per heavy atom. The molecule has 0 saturated heterocycles. The molecule has 1 saturated carbocycles. The van der Waals surface area contributed by atoms with Crippen molar-refractivity contribution in [1.29, 1.82) is 0 Å². The van der Waals surface area contributed by atoms with Gasteiger partial charge in [0.1, 0.15) is 5.65 Å². The Morgan fingerprint density at radius 1 is 1.20 bits per heavy atom. The number of aromatic amines is 1. The van der Waals surface area contributed by atoms with Gasteiger partial charge in [-0.05, 0) is 63.7 Å². The molecular formula is C20H27N5. The molecule has 3 aromatic rings. The highest BCUT2D eigenvalue weighted by molar-refractivity contribution is 5.93. The fourth-order valence-electron chi connectivity index (χ4n) is 4.16. The molecule has 3 aromatic heterocycles. The first-order valence-electron chi connectivity index (χ1n) is 9.21. The van der Waals surface area contributed by atoms with Gasteiger partial charge in [0.15, 0.2) is 0 Å². The van der Waals surface area contributed by atoms with Gasteiger partial charge in [-0.2, -0.15) is 5.10 Å². The summed E-state index contributed by atoms with van der Waals surface area (Å²) in [5.41, 5.74) is 4.64. The van der Waals surface area contributed by atoms with Crippen molar-refractivity contribution < 1.29 is 0 Å². The van der Waals surface area contributed by atoms with Crippen LogP contribution in [0.3, 0.4) is 0 Å². The van der Waals surface area contributed by atoms with Crippen molar-refractivity contribution >= 4 is 11.0 Å². The number of rotatable bonds is 4. The highest BCUT2D eigenvalue weighted by Crippen LogP contribution is 2.31. The maximum Gasteiger partial charge on any atom is 0.137 e. The highest BCUT2D eigenvalue weighted by Gasteiger charge is 2.22. The van der Waals surface area contributed by atoms with Gasteiger partial charge < -0.3 is 9.88 Å². The maximum atomic E-state index is 4.65. The monoisotopic (exact) mass is 337 g/mol. The third-order valence-corrected chi connectivity index (χ3v) is 5.67. The summed E-state index contributed by atoms with van der Waals surface area (Å²) in [6.07, 6.45) is 14.5. The molecule has 0 atom stereocenters. The largest absolute Gasteiger partial charge is 0.346 e. The second-order valence-corrected chi connectivity index (χ2v) is 7.69. The molecule has 0 aromatic carbocycles. The molecule has 5 heteroatoms. The summed E-state index contributed by atoms with van der Waals surface area (Å²) in [6, 6.07) is 3.08. The molecule has 1 aliphatic rings. The number of nitrogens with zero attached hydrogens (tertiary/aromatic N) is 4. The first-order valence-corrected chi connectivity index (χ1v) is 9.21. The fourth-order valence-corrected chi connectivity index (χ4v) is 4.16. The van der Waals surface area contributed by atoms with E-state index in [0.29, 0.717) is 0 Å². The quantitative estimate of drug-likeness (QED) is 0.791. The average Bonchev–Trinajstić information content (AvgIpc) is 3.21. The van der Waals surface area contributed by atoms with Crippen LogP contribution in [0, 0.1) is 5.92 Å². The molecule has 0 radical (unpaired) electrons. The second kappa shape index (κ2) is 6.64. The number of nitrogens with one attached hydrogen (secondary N) is 1. The molecule has 3 heterocycles. The van der Waals surface area contributed by atoms with E-state index in [9.17, 15) is 0 Å². The smallest absolute Gasteiger partial charge is 0.137 e. The Labute approximate surface area is 149 Å². The SMILES string of the molecule is CN(C)C1CCC(Cc2cnc3[nH]cc(-c4cnn(C)c4)c3c2)CC1. The van der Waals surface area contributed by atoms with Crippen LogP contribution in [0.4, 0.5) is 0 Å². The average molecular weight is 337 g/mol. The predicted octanol–water partition coefficient (Wildman–Crippen LogP) is 3.63. The van der Waals surface area contributed by atoms with Crippen molar-refractivity contribution in [3.8, 4) is 11.1 Å². The summed E-state index contributed by atoms with van der Waals surface area (Å²) in [7, 11) is 6.36. The zero-order valence-corrected chi connectivity index (χ0v) is 15.4. The van der Waals surface area contributed by atoms with Gasteiger partial charge in [0.05, 0.1) is 6.20 Å². The van der Waals surface area contributed by atoms with E-state index in [-0.39, 0.29) is 0 Å². The minimum atomic E-state index is 0.763. The van der Waals surface area contributed by atoms with Crippen molar-refractivity contribution in [2.24, 2.45) is 13.0 Å². The van der Waals surface area contributed by atoms with Gasteiger partial charge in [0, 0.05) is 48.2 Å². The van der Waals surface area contributed by atoms with Crippen molar-refractivity contribution in [1.82, 2.24) is 24.6 Å². The molecule has 0 bridgehead atoms. The van der Waals surface area contributed by atoms with E-state index in [0.717, 1.165) is 29.6 Å². The molecule has 5 nitrogen and oxygen atoms in total. The number of hydrogen-bond acceptors (Lipinski definition) is 3. The van der Waals surface area contributed by atoms with E-state index in [1.807, 2.05) is 30.3 Å². The van der Waals surface area contributed by atoms with Crippen LogP contribution in [0.15, 0.2) is 30.9 Å². The Hall–Kier alpha value is -2.14. The summed E-state index contributed by atoms with van der Waals surface area (Å²) in [4.78, 5) is 10.3. The first-order chi connectivity index (χ1) is 12.1. The lowest BCUT2D eigenvalue weighted by atomic mass is 9.82. The number of aromatic nitrogens is 4. The van der Waals surface area contributed by atoms with Crippen LogP contribution >= 0.6 is 0 Å². The van der Waals surface area contributed by atoms with Crippen LogP contribution in [-0.4, -0.2) is 44.8 Å². The van der Waals surface area contributed by atoms with E-state index < -0.39 is 0 Å². The lowest BCUT2D eigenvalue weighted by Gasteiger charge is -2.32. The van der Waals surface area contributed by atoms with E-state index in [4.69, 9.17) is 0 Å². The molecule has 1 N–H and O–H groups in total. The van der Waals surface area contributed by atoms with E-state index in [1.54, 1.807) is 0 Å². The van der Waals surface area contributed by atoms with Crippen molar-refractivity contribution in [3.63, 3.8) is 0 Å². The van der Waals surface area contributed by atoms with Crippen LogP contribution in [0.25, 0.3) is 22.2 Å². The molecule has 0 spiro atoms. The standard InChI is InChI=1S/C20H27N5/c1-24(2)17-6-4-14(5-7-17)8-15-9-18-19(12-22-20(18)21-10-15)16-11-23-25(3)13-16/h9-14,17H,4-8H2,1-3H3,(H,21,22). The predicted molar refractivity (Wildman–Crippen MR) is 101 cm³/mol. The summed E-state index contributed by atoms with van der Waals surface area (Å²) < 4.78 is 1.84. The fraction of sp³-hybridized carbons (Fsp3) is 0.500. The normalized spacial score (nSPS) is 21.3. The summed E-state index contributed by atoms with van der Waals surface area (Å²) >= 11 is 0. The van der Waals surface area contributed by atoms with E-state index in [1.165, 1.54) is 42.2 Å². The lowest BCUT2D eigenvalue weighted by molar-refractivity contribution is 0.193. The van der Waals surface area contributed by atoms with E-state index in [2.05, 4.69) is 46.3 Å². The van der Waals surface area contributed by atoms with Crippen molar-refractivity contribution in [2.45, 2.75) is 38.1 Å². The van der Waals surface area contributed by atoms with Gasteiger partial charge in [-0.15, -0.1) is 0 Å². The minimum Gasteiger partial charge on any atom is -0.346 e. The molecule has 1 fully saturated rings. The molecular weight excluding hydrogens is 310 g/mol. The Bertz CT molecular complexity index is 852. The Kier molecular flexibility index (Phi) is 4.34. The number of hydrogen-bond donors (Lipinski definition) is 1. The molecule has 132 valence electrons. The molecule has 0 amide bonds. The topological polar surface area (TPSA) is 49.7 Å². The van der Waals surface area contributed by atoms with Crippen molar-refractivity contribution in [2.75, 3.05) is 14.1 Å². The van der Waals surface area contributed by atoms with Gasteiger partial charge >= 0.3 is 0 Å². The Balaban J connectivity index is 1.53. The maximum absolute atomic E-state index is 4.65. The highest BCUT2D eigenvalue weighted by atomic mass is 15.2. The number of aryl methyl sites for hydroxylation is 1. The molecule has 25 heavy (non-hydrogen) atoms. The van der Waals surface area contributed by atoms with Crippen LogP contribution < -0.4 is 0 Å². The van der Waals surface area contributed by atoms with E-state index >= 15 is 0 Å². The number of fused-ring (bicyclic) bond motifs is 1. The molecule has 0 aliphatic heterocycles. The zero-order chi connectivity index (χ0) is 17.4. The zero-order valence-electron chi connectivity index (χ0n) is 15.4. The van der Waals surface area contributed by atoms with Crippen LogP contribution in [0.5, 0.6) is 0 Å². The third-order valence-electron chi connectivity index (χ3n) is 5.67. The lowest BCUT2D eigenvalue weighted by Crippen LogP contribution is -2.32. The summed E-state index contributed by atoms with van der Waals surface area (Å²) in [5.74, 6) is 0.788. The van der Waals surface area contributed by atoms with Gasteiger partial charge in [-0.3, -0.25) is 4.68 Å². The number of H-pyrrole nitrogens is 1. The van der Waals surface area contributed by atoms with Crippen LogP contribution in [0.1, 0.15) is 31.2 Å². The molecule has 4 rings (SSSR count). The van der Waals surface area contributed by atoms with Gasteiger partial charge in [-0.1, -0.05) is 0 Å². The second-order valence-electron chi connectivity index (χ2n) is 7.69. The van der Waals surface area contributed by atoms with Gasteiger partial charge in [0.25, 0.3) is 0 Å². The first kappa shape index (κ1) is 16.3. The van der Waals surface area contributed by atoms with Crippen molar-refractivity contribution in [3.05, 3.63) is 36.4 Å². The minimum absolute atomic E-state index is 0.763.